The summed E-state index contributed by atoms with van der Waals surface area (Å²) in [5.41, 5.74) is 0. The van der Waals surface area contributed by atoms with Gasteiger partial charge in [0, 0.05) is 0 Å². The molecule has 0 amide bonds. The zero-order chi connectivity index (χ0) is 12.3. The summed E-state index contributed by atoms with van der Waals surface area (Å²) in [6.45, 7) is 7.01. The van der Waals surface area contributed by atoms with E-state index in [0.29, 0.717) is 0 Å². The summed E-state index contributed by atoms with van der Waals surface area (Å²) in [5.74, 6) is 0. The first-order valence-electron chi connectivity index (χ1n) is 7.68. The average molecular weight is 333 g/mol. The third-order valence-electron chi connectivity index (χ3n) is 3.90. The molecular weight excluding hydrogens is 299 g/mol. The molecule has 0 aromatic heterocycles. The summed E-state index contributed by atoms with van der Waals surface area (Å²) in [4.78, 5) is 2.75. The van der Waals surface area contributed by atoms with Gasteiger partial charge in [-0.05, 0) is 0 Å². The summed E-state index contributed by atoms with van der Waals surface area (Å²) >= 11 is -1.61. The van der Waals surface area contributed by atoms with Gasteiger partial charge in [-0.2, -0.15) is 0 Å². The monoisotopic (exact) mass is 334 g/mol. The van der Waals surface area contributed by atoms with Gasteiger partial charge in [-0.1, -0.05) is 0 Å². The van der Waals surface area contributed by atoms with Crippen LogP contribution in [0.4, 0.5) is 0 Å². The molecule has 0 aromatic rings. The van der Waals surface area contributed by atoms with Crippen LogP contribution in [0.3, 0.4) is 0 Å². The van der Waals surface area contributed by atoms with E-state index < -0.39 is 18.4 Å². The van der Waals surface area contributed by atoms with Crippen LogP contribution in [-0.2, 0) is 0 Å². The predicted octanol–water partition coefficient (Wildman–Crippen LogP) is 6.25. The van der Waals surface area contributed by atoms with Crippen LogP contribution >= 0.6 is 0 Å². The van der Waals surface area contributed by atoms with Crippen molar-refractivity contribution in [3.63, 3.8) is 0 Å². The molecule has 1 heteroatoms. The van der Waals surface area contributed by atoms with Gasteiger partial charge in [0.1, 0.15) is 0 Å². The molecule has 0 nitrogen and oxygen atoms in total. The SMILES string of the molecule is CCCC[CH2][Sn]([CH3])([CH2]CCC)[CH2]CCCC. The standard InChI is InChI=1S/2C5H11.C4H9.CH3.Sn/c2*1-3-5-4-2;1-3-4-2;;/h2*1,3-5H2,2H3;1,3-4H2,2H3;1H3;. The zero-order valence-electron chi connectivity index (χ0n) is 12.3. The fourth-order valence-electron chi connectivity index (χ4n) is 2.58. The average Bonchev–Trinajstić information content (AvgIpc) is 2.27. The van der Waals surface area contributed by atoms with Crippen LogP contribution in [0.5, 0.6) is 0 Å². The second kappa shape index (κ2) is 10.9. The molecule has 0 fully saturated rings. The topological polar surface area (TPSA) is 0 Å². The first-order valence-corrected chi connectivity index (χ1v) is 16.6. The minimum atomic E-state index is -1.61. The molecule has 0 aromatic carbocycles. The van der Waals surface area contributed by atoms with Gasteiger partial charge >= 0.3 is 109 Å². The maximum absolute atomic E-state index is 2.75. The molecule has 0 radical (unpaired) electrons. The second-order valence-corrected chi connectivity index (χ2v) is 20.4. The Hall–Kier alpha value is 0.799. The van der Waals surface area contributed by atoms with Crippen LogP contribution < -0.4 is 0 Å². The Kier molecular flexibility index (Phi) is 11.5. The van der Waals surface area contributed by atoms with Crippen molar-refractivity contribution in [3.05, 3.63) is 0 Å². The molecule has 0 saturated carbocycles. The molecular formula is C15H34Sn. The summed E-state index contributed by atoms with van der Waals surface area (Å²) in [6.07, 6.45) is 11.8. The van der Waals surface area contributed by atoms with Gasteiger partial charge in [0.2, 0.25) is 0 Å². The number of hydrogen-bond acceptors (Lipinski definition) is 0. The molecule has 0 spiro atoms. The molecule has 0 unspecified atom stereocenters. The van der Waals surface area contributed by atoms with Crippen LogP contribution in [0, 0.1) is 0 Å². The van der Waals surface area contributed by atoms with E-state index in [1.807, 2.05) is 0 Å². The third kappa shape index (κ3) is 8.89. The normalized spacial score (nSPS) is 12.0. The second-order valence-electron chi connectivity index (χ2n) is 5.83. The molecule has 0 aliphatic heterocycles. The molecule has 16 heavy (non-hydrogen) atoms. The first kappa shape index (κ1) is 16.8. The van der Waals surface area contributed by atoms with E-state index in [2.05, 4.69) is 25.7 Å². The van der Waals surface area contributed by atoms with Crippen molar-refractivity contribution in [1.82, 2.24) is 0 Å². The summed E-state index contributed by atoms with van der Waals surface area (Å²) in [7, 11) is 0. The van der Waals surface area contributed by atoms with E-state index in [1.165, 1.54) is 38.5 Å². The van der Waals surface area contributed by atoms with Gasteiger partial charge in [-0.3, -0.25) is 0 Å². The van der Waals surface area contributed by atoms with Crippen molar-refractivity contribution in [2.75, 3.05) is 0 Å². The van der Waals surface area contributed by atoms with Gasteiger partial charge in [0.25, 0.3) is 0 Å². The maximum atomic E-state index is 2.75. The fourth-order valence-corrected chi connectivity index (χ4v) is 14.5. The first-order chi connectivity index (χ1) is 7.68. The van der Waals surface area contributed by atoms with E-state index >= 15 is 0 Å². The Bertz CT molecular complexity index is 132. The van der Waals surface area contributed by atoms with E-state index in [-0.39, 0.29) is 0 Å². The van der Waals surface area contributed by atoms with E-state index in [9.17, 15) is 0 Å². The Balaban J connectivity index is 3.91. The molecule has 0 rings (SSSR count). The van der Waals surface area contributed by atoms with E-state index in [1.54, 1.807) is 26.2 Å². The van der Waals surface area contributed by atoms with Crippen molar-refractivity contribution in [2.24, 2.45) is 0 Å². The van der Waals surface area contributed by atoms with Crippen LogP contribution in [0.2, 0.25) is 18.2 Å². The molecule has 0 aliphatic carbocycles. The van der Waals surface area contributed by atoms with Crippen LogP contribution in [0.25, 0.3) is 0 Å². The minimum absolute atomic E-state index is 1.39. The van der Waals surface area contributed by atoms with Crippen molar-refractivity contribution < 1.29 is 0 Å². The fraction of sp³-hybridized carbons (Fsp3) is 1.00. The van der Waals surface area contributed by atoms with Gasteiger partial charge in [0.15, 0.2) is 0 Å². The number of unbranched alkanes of at least 4 members (excludes halogenated alkanes) is 5. The summed E-state index contributed by atoms with van der Waals surface area (Å²) in [6, 6.07) is 0. The Labute approximate surface area is 108 Å². The number of hydrogen-bond donors (Lipinski definition) is 0. The van der Waals surface area contributed by atoms with Gasteiger partial charge in [-0.15, -0.1) is 0 Å². The third-order valence-corrected chi connectivity index (χ3v) is 17.3. The van der Waals surface area contributed by atoms with Gasteiger partial charge in [0.05, 0.1) is 0 Å². The molecule has 0 N–H and O–H groups in total. The molecule has 98 valence electrons. The summed E-state index contributed by atoms with van der Waals surface area (Å²) < 4.78 is 5.01. The Morgan fingerprint density at radius 1 is 0.562 bits per heavy atom. The number of rotatable bonds is 11. The van der Waals surface area contributed by atoms with Gasteiger partial charge in [-0.25, -0.2) is 0 Å². The van der Waals surface area contributed by atoms with Crippen molar-refractivity contribution in [2.45, 2.75) is 90.4 Å². The molecule has 0 bridgehead atoms. The molecule has 0 heterocycles. The quantitative estimate of drug-likeness (QED) is 0.310. The van der Waals surface area contributed by atoms with E-state index in [0.717, 1.165) is 0 Å². The van der Waals surface area contributed by atoms with Crippen molar-refractivity contribution in [3.8, 4) is 0 Å². The van der Waals surface area contributed by atoms with Gasteiger partial charge < -0.3 is 0 Å². The van der Waals surface area contributed by atoms with Crippen LogP contribution in [0.1, 0.15) is 72.1 Å². The van der Waals surface area contributed by atoms with Crippen LogP contribution in [-0.4, -0.2) is 18.4 Å². The Morgan fingerprint density at radius 2 is 0.938 bits per heavy atom. The molecule has 0 aliphatic rings. The summed E-state index contributed by atoms with van der Waals surface area (Å²) in [5, 5.41) is 0. The van der Waals surface area contributed by atoms with Crippen molar-refractivity contribution >= 4 is 18.4 Å². The van der Waals surface area contributed by atoms with Crippen LogP contribution in [0.15, 0.2) is 0 Å². The van der Waals surface area contributed by atoms with E-state index in [4.69, 9.17) is 0 Å². The molecule has 0 atom stereocenters. The zero-order valence-corrected chi connectivity index (χ0v) is 15.1. The van der Waals surface area contributed by atoms with Crippen molar-refractivity contribution in [1.29, 1.82) is 0 Å². The molecule has 0 saturated heterocycles. The Morgan fingerprint density at radius 3 is 1.31 bits per heavy atom. The predicted molar refractivity (Wildman–Crippen MR) is 80.0 cm³/mol.